The normalized spacial score (nSPS) is 21.3. The minimum Gasteiger partial charge on any atom is -0.335 e. The van der Waals surface area contributed by atoms with Gasteiger partial charge >= 0.3 is 0 Å². The average molecular weight is 404 g/mol. The molecule has 0 radical (unpaired) electrons. The Labute approximate surface area is 165 Å². The maximum absolute atomic E-state index is 13.3. The van der Waals surface area contributed by atoms with Crippen molar-refractivity contribution in [2.45, 2.75) is 43.8 Å². The van der Waals surface area contributed by atoms with Crippen LogP contribution in [0.2, 0.25) is 0 Å². The largest absolute Gasteiger partial charge is 0.335 e. The van der Waals surface area contributed by atoms with Gasteiger partial charge in [-0.05, 0) is 36.8 Å². The molecule has 1 amide bonds. The summed E-state index contributed by atoms with van der Waals surface area (Å²) in [6.45, 7) is 2.69. The highest BCUT2D eigenvalue weighted by Crippen LogP contribution is 2.40. The molecule has 1 aliphatic carbocycles. The summed E-state index contributed by atoms with van der Waals surface area (Å²) >= 11 is 1.44. The fourth-order valence-electron chi connectivity index (χ4n) is 4.39. The van der Waals surface area contributed by atoms with Gasteiger partial charge in [-0.15, -0.1) is 11.3 Å². The highest BCUT2D eigenvalue weighted by atomic mass is 32.2. The molecule has 0 bridgehead atoms. The Bertz CT molecular complexity index is 938. The van der Waals surface area contributed by atoms with E-state index in [0.29, 0.717) is 30.8 Å². The van der Waals surface area contributed by atoms with Crippen molar-refractivity contribution < 1.29 is 13.2 Å². The Kier molecular flexibility index (Phi) is 4.89. The molecule has 0 N–H and O–H groups in total. The molecule has 1 aromatic heterocycles. The lowest BCUT2D eigenvalue weighted by atomic mass is 9.87. The first-order valence-electron chi connectivity index (χ1n) is 9.58. The zero-order valence-corrected chi connectivity index (χ0v) is 17.2. The summed E-state index contributed by atoms with van der Waals surface area (Å²) in [5, 5.41) is 1.94. The van der Waals surface area contributed by atoms with Gasteiger partial charge in [0.1, 0.15) is 0 Å². The molecule has 1 spiro atoms. The van der Waals surface area contributed by atoms with Gasteiger partial charge in [-0.3, -0.25) is 4.79 Å². The molecular formula is C21H25NO3S2. The van der Waals surface area contributed by atoms with Gasteiger partial charge in [0, 0.05) is 18.7 Å². The monoisotopic (exact) mass is 403 g/mol. The second-order valence-corrected chi connectivity index (χ2v) is 11.2. The molecule has 1 saturated heterocycles. The highest BCUT2D eigenvalue weighted by molar-refractivity contribution is 7.92. The summed E-state index contributed by atoms with van der Waals surface area (Å²) in [5.41, 5.74) is 3.15. The van der Waals surface area contributed by atoms with Crippen LogP contribution < -0.4 is 0 Å². The SMILES string of the molecule is Cc1ccc(-c2ccsc2C(=O)N2CCS(=O)(=O)C3(CCCCC3)C2)cc1. The van der Waals surface area contributed by atoms with Crippen LogP contribution >= 0.6 is 11.3 Å². The van der Waals surface area contributed by atoms with Crippen LogP contribution in [0.3, 0.4) is 0 Å². The first-order valence-corrected chi connectivity index (χ1v) is 12.1. The van der Waals surface area contributed by atoms with Crippen LogP contribution in [0.4, 0.5) is 0 Å². The molecule has 0 unspecified atom stereocenters. The molecule has 4 rings (SSSR count). The van der Waals surface area contributed by atoms with E-state index in [1.807, 2.05) is 42.6 Å². The molecule has 1 saturated carbocycles. The molecule has 2 fully saturated rings. The average Bonchev–Trinajstić information content (AvgIpc) is 3.15. The van der Waals surface area contributed by atoms with Crippen LogP contribution in [0.5, 0.6) is 0 Å². The predicted octanol–water partition coefficient (Wildman–Crippen LogP) is 4.30. The Morgan fingerprint density at radius 1 is 1.07 bits per heavy atom. The second-order valence-electron chi connectivity index (χ2n) is 7.82. The van der Waals surface area contributed by atoms with Crippen molar-refractivity contribution in [1.29, 1.82) is 0 Å². The first-order chi connectivity index (χ1) is 12.9. The van der Waals surface area contributed by atoms with E-state index in [-0.39, 0.29) is 11.7 Å². The van der Waals surface area contributed by atoms with Crippen LogP contribution in [0, 0.1) is 6.92 Å². The standard InChI is InChI=1S/C21H25NO3S2/c1-16-5-7-17(8-6-16)18-9-13-26-19(18)20(23)22-12-14-27(24,25)21(15-22)10-3-2-4-11-21/h5-9,13H,2-4,10-12,14-15H2,1H3. The number of nitrogens with zero attached hydrogens (tertiary/aromatic N) is 1. The summed E-state index contributed by atoms with van der Waals surface area (Å²) < 4.78 is 24.9. The third-order valence-electron chi connectivity index (χ3n) is 6.04. The zero-order valence-electron chi connectivity index (χ0n) is 15.6. The Morgan fingerprint density at radius 3 is 2.48 bits per heavy atom. The fourth-order valence-corrected chi connectivity index (χ4v) is 7.43. The highest BCUT2D eigenvalue weighted by Gasteiger charge is 2.49. The summed E-state index contributed by atoms with van der Waals surface area (Å²) in [5.74, 6) is 0.0599. The van der Waals surface area contributed by atoms with Crippen molar-refractivity contribution in [3.8, 4) is 11.1 Å². The number of aryl methyl sites for hydroxylation is 1. The van der Waals surface area contributed by atoms with Gasteiger partial charge in [-0.25, -0.2) is 8.42 Å². The molecule has 144 valence electrons. The molecule has 1 aromatic carbocycles. The maximum atomic E-state index is 13.3. The van der Waals surface area contributed by atoms with Crippen molar-refractivity contribution in [3.05, 3.63) is 46.2 Å². The van der Waals surface area contributed by atoms with Crippen molar-refractivity contribution in [1.82, 2.24) is 4.90 Å². The molecule has 2 aromatic rings. The molecule has 2 heterocycles. The van der Waals surface area contributed by atoms with Gasteiger partial charge < -0.3 is 4.90 Å². The predicted molar refractivity (Wildman–Crippen MR) is 110 cm³/mol. The van der Waals surface area contributed by atoms with Crippen molar-refractivity contribution in [2.24, 2.45) is 0 Å². The number of thiophene rings is 1. The third kappa shape index (κ3) is 3.34. The Balaban J connectivity index is 1.63. The third-order valence-corrected chi connectivity index (χ3v) is 9.52. The smallest absolute Gasteiger partial charge is 0.264 e. The van der Waals surface area contributed by atoms with Gasteiger partial charge in [0.15, 0.2) is 9.84 Å². The second kappa shape index (κ2) is 7.06. The van der Waals surface area contributed by atoms with E-state index in [9.17, 15) is 13.2 Å². The lowest BCUT2D eigenvalue weighted by Crippen LogP contribution is -2.58. The van der Waals surface area contributed by atoms with E-state index in [1.54, 1.807) is 4.90 Å². The molecule has 1 aliphatic heterocycles. The van der Waals surface area contributed by atoms with Crippen molar-refractivity contribution in [3.63, 3.8) is 0 Å². The van der Waals surface area contributed by atoms with E-state index in [0.717, 1.165) is 30.4 Å². The molecule has 27 heavy (non-hydrogen) atoms. The number of rotatable bonds is 2. The lowest BCUT2D eigenvalue weighted by molar-refractivity contribution is 0.0729. The molecule has 0 atom stereocenters. The number of hydrogen-bond acceptors (Lipinski definition) is 4. The summed E-state index contributed by atoms with van der Waals surface area (Å²) in [7, 11) is -3.14. The number of sulfone groups is 1. The first kappa shape index (κ1) is 18.7. The van der Waals surface area contributed by atoms with Crippen molar-refractivity contribution in [2.75, 3.05) is 18.8 Å². The van der Waals surface area contributed by atoms with Crippen LogP contribution in [0.25, 0.3) is 11.1 Å². The van der Waals surface area contributed by atoms with Gasteiger partial charge in [0.25, 0.3) is 5.91 Å². The van der Waals surface area contributed by atoms with E-state index in [4.69, 9.17) is 0 Å². The van der Waals surface area contributed by atoms with E-state index in [2.05, 4.69) is 0 Å². The van der Waals surface area contributed by atoms with E-state index < -0.39 is 14.6 Å². The minimum absolute atomic E-state index is 0.0274. The van der Waals surface area contributed by atoms with Gasteiger partial charge in [0.05, 0.1) is 15.4 Å². The topological polar surface area (TPSA) is 54.5 Å². The number of carbonyl (C=O) groups excluding carboxylic acids is 1. The van der Waals surface area contributed by atoms with E-state index in [1.165, 1.54) is 16.9 Å². The fraction of sp³-hybridized carbons (Fsp3) is 0.476. The number of benzene rings is 1. The maximum Gasteiger partial charge on any atom is 0.264 e. The van der Waals surface area contributed by atoms with Crippen molar-refractivity contribution >= 4 is 27.1 Å². The Morgan fingerprint density at radius 2 is 1.78 bits per heavy atom. The molecule has 2 aliphatic rings. The summed E-state index contributed by atoms with van der Waals surface area (Å²) in [6, 6.07) is 10.2. The Hall–Kier alpha value is -1.66. The lowest BCUT2D eigenvalue weighted by Gasteiger charge is -2.44. The number of hydrogen-bond donors (Lipinski definition) is 0. The van der Waals surface area contributed by atoms with Crippen LogP contribution in [0.1, 0.15) is 47.3 Å². The summed E-state index contributed by atoms with van der Waals surface area (Å²) in [6.07, 6.45) is 4.35. The number of carbonyl (C=O) groups is 1. The quantitative estimate of drug-likeness (QED) is 0.751. The molecular weight excluding hydrogens is 378 g/mol. The van der Waals surface area contributed by atoms with Crippen LogP contribution in [-0.2, 0) is 9.84 Å². The van der Waals surface area contributed by atoms with Crippen LogP contribution in [0.15, 0.2) is 35.7 Å². The van der Waals surface area contributed by atoms with E-state index >= 15 is 0 Å². The zero-order chi connectivity index (χ0) is 19.1. The molecule has 4 nitrogen and oxygen atoms in total. The molecule has 6 heteroatoms. The van der Waals surface area contributed by atoms with Gasteiger partial charge in [-0.1, -0.05) is 49.1 Å². The van der Waals surface area contributed by atoms with Gasteiger partial charge in [0.2, 0.25) is 0 Å². The summed E-state index contributed by atoms with van der Waals surface area (Å²) in [4.78, 5) is 15.8. The van der Waals surface area contributed by atoms with Crippen LogP contribution in [-0.4, -0.2) is 42.8 Å². The van der Waals surface area contributed by atoms with Gasteiger partial charge in [-0.2, -0.15) is 0 Å². The minimum atomic E-state index is -3.14. The number of amides is 1.